The molecule has 0 unspecified atom stereocenters. The van der Waals surface area contributed by atoms with E-state index in [0.29, 0.717) is 15.9 Å². The van der Waals surface area contributed by atoms with Gasteiger partial charge in [-0.2, -0.15) is 0 Å². The molecule has 0 aromatic carbocycles. The van der Waals surface area contributed by atoms with Crippen LogP contribution in [0.3, 0.4) is 0 Å². The molecule has 0 aliphatic heterocycles. The first-order chi connectivity index (χ1) is 8.15. The van der Waals surface area contributed by atoms with Gasteiger partial charge in [0.25, 0.3) is 0 Å². The van der Waals surface area contributed by atoms with Crippen LogP contribution in [-0.4, -0.2) is 32.9 Å². The zero-order valence-corrected chi connectivity index (χ0v) is 10.8. The Morgan fingerprint density at radius 1 is 1.53 bits per heavy atom. The summed E-state index contributed by atoms with van der Waals surface area (Å²) in [4.78, 5) is 16.3. The number of rotatable bonds is 3. The third kappa shape index (κ3) is 2.05. The first-order valence-electron chi connectivity index (χ1n) is 4.74. The van der Waals surface area contributed by atoms with Gasteiger partial charge in [-0.15, -0.1) is 5.10 Å². The van der Waals surface area contributed by atoms with E-state index in [2.05, 4.69) is 31.2 Å². The van der Waals surface area contributed by atoms with Crippen molar-refractivity contribution in [3.63, 3.8) is 0 Å². The zero-order valence-electron chi connectivity index (χ0n) is 9.22. The van der Waals surface area contributed by atoms with E-state index in [4.69, 9.17) is 4.74 Å². The van der Waals surface area contributed by atoms with E-state index in [9.17, 15) is 4.79 Å². The summed E-state index contributed by atoms with van der Waals surface area (Å²) in [6, 6.07) is 3.32. The molecule has 2 heterocycles. The summed E-state index contributed by atoms with van der Waals surface area (Å²) in [5, 5.41) is 7.52. The van der Waals surface area contributed by atoms with Gasteiger partial charge in [-0.25, -0.2) is 9.67 Å². The molecule has 0 saturated heterocycles. The van der Waals surface area contributed by atoms with E-state index in [-0.39, 0.29) is 11.7 Å². The molecule has 2 aromatic heterocycles. The van der Waals surface area contributed by atoms with Gasteiger partial charge in [0.2, 0.25) is 11.7 Å². The van der Waals surface area contributed by atoms with Gasteiger partial charge < -0.3 is 4.74 Å². The number of halogens is 1. The summed E-state index contributed by atoms with van der Waals surface area (Å²) in [5.74, 6) is 0.0416. The molecule has 88 valence electrons. The number of aryl methyl sites for hydroxylation is 1. The number of pyridine rings is 1. The van der Waals surface area contributed by atoms with Crippen LogP contribution in [0.25, 0.3) is 0 Å². The Balaban J connectivity index is 2.51. The van der Waals surface area contributed by atoms with E-state index < -0.39 is 0 Å². The standard InChI is InChI=1S/C10H9BrN4O2/c1-15-7(9(11)13-14-15)8(16)6-4-3-5-12-10(6)17-2/h3-5H,1-2H3. The van der Waals surface area contributed by atoms with E-state index in [1.54, 1.807) is 25.4 Å². The van der Waals surface area contributed by atoms with Crippen LogP contribution in [0.2, 0.25) is 0 Å². The van der Waals surface area contributed by atoms with Gasteiger partial charge in [0, 0.05) is 13.2 Å². The van der Waals surface area contributed by atoms with Gasteiger partial charge in [-0.1, -0.05) is 5.21 Å². The number of hydrogen-bond donors (Lipinski definition) is 0. The zero-order chi connectivity index (χ0) is 12.4. The molecular weight excluding hydrogens is 288 g/mol. The highest BCUT2D eigenvalue weighted by molar-refractivity contribution is 9.10. The minimum Gasteiger partial charge on any atom is -0.480 e. The van der Waals surface area contributed by atoms with Crippen molar-refractivity contribution in [2.24, 2.45) is 7.05 Å². The summed E-state index contributed by atoms with van der Waals surface area (Å²) in [5.41, 5.74) is 0.734. The van der Waals surface area contributed by atoms with Crippen LogP contribution in [0.15, 0.2) is 22.9 Å². The van der Waals surface area contributed by atoms with Crippen molar-refractivity contribution < 1.29 is 9.53 Å². The highest BCUT2D eigenvalue weighted by atomic mass is 79.9. The molecule has 0 radical (unpaired) electrons. The number of carbonyl (C=O) groups is 1. The number of hydrogen-bond acceptors (Lipinski definition) is 5. The molecule has 0 N–H and O–H groups in total. The van der Waals surface area contributed by atoms with Gasteiger partial charge in [-0.05, 0) is 28.1 Å². The minimum atomic E-state index is -0.241. The van der Waals surface area contributed by atoms with Gasteiger partial charge in [0.05, 0.1) is 12.7 Å². The van der Waals surface area contributed by atoms with Crippen LogP contribution < -0.4 is 4.74 Å². The van der Waals surface area contributed by atoms with E-state index in [1.807, 2.05) is 0 Å². The Morgan fingerprint density at radius 3 is 2.88 bits per heavy atom. The van der Waals surface area contributed by atoms with Crippen molar-refractivity contribution in [2.45, 2.75) is 0 Å². The number of aromatic nitrogens is 4. The molecule has 0 saturated carbocycles. The topological polar surface area (TPSA) is 69.9 Å². The van der Waals surface area contributed by atoms with Crippen molar-refractivity contribution in [3.05, 3.63) is 34.2 Å². The molecule has 0 aliphatic rings. The summed E-state index contributed by atoms with van der Waals surface area (Å²) < 4.78 is 6.85. The Hall–Kier alpha value is -1.76. The molecule has 7 heteroatoms. The highest BCUT2D eigenvalue weighted by Crippen LogP contribution is 2.21. The third-order valence-corrected chi connectivity index (χ3v) is 2.74. The number of methoxy groups -OCH3 is 1. The van der Waals surface area contributed by atoms with E-state index in [0.717, 1.165) is 0 Å². The fourth-order valence-corrected chi connectivity index (χ4v) is 1.93. The summed E-state index contributed by atoms with van der Waals surface area (Å²) >= 11 is 3.18. The first-order valence-corrected chi connectivity index (χ1v) is 5.53. The van der Waals surface area contributed by atoms with Crippen molar-refractivity contribution >= 4 is 21.7 Å². The second-order valence-electron chi connectivity index (χ2n) is 3.24. The average Bonchev–Trinajstić information content (AvgIpc) is 2.68. The Morgan fingerprint density at radius 2 is 2.29 bits per heavy atom. The van der Waals surface area contributed by atoms with Gasteiger partial charge in [0.15, 0.2) is 4.60 Å². The predicted octanol–water partition coefficient (Wildman–Crippen LogP) is 1.21. The van der Waals surface area contributed by atoms with Crippen LogP contribution in [-0.2, 0) is 7.05 Å². The minimum absolute atomic E-state index is 0.241. The lowest BCUT2D eigenvalue weighted by Gasteiger charge is -2.05. The molecule has 6 nitrogen and oxygen atoms in total. The molecule has 0 spiro atoms. The quantitative estimate of drug-likeness (QED) is 0.796. The molecule has 0 fully saturated rings. The normalized spacial score (nSPS) is 10.3. The fourth-order valence-electron chi connectivity index (χ4n) is 1.43. The Labute approximate surface area is 106 Å². The maximum absolute atomic E-state index is 12.3. The van der Waals surface area contributed by atoms with Gasteiger partial charge in [-0.3, -0.25) is 4.79 Å². The number of ketones is 1. The van der Waals surface area contributed by atoms with Crippen molar-refractivity contribution in [1.29, 1.82) is 0 Å². The lowest BCUT2D eigenvalue weighted by atomic mass is 10.1. The van der Waals surface area contributed by atoms with Crippen molar-refractivity contribution in [2.75, 3.05) is 7.11 Å². The predicted molar refractivity (Wildman–Crippen MR) is 62.9 cm³/mol. The second kappa shape index (κ2) is 4.62. The summed E-state index contributed by atoms with van der Waals surface area (Å²) in [6.45, 7) is 0. The first kappa shape index (κ1) is 11.7. The highest BCUT2D eigenvalue weighted by Gasteiger charge is 2.22. The van der Waals surface area contributed by atoms with Gasteiger partial charge >= 0.3 is 0 Å². The average molecular weight is 297 g/mol. The molecule has 2 rings (SSSR count). The van der Waals surface area contributed by atoms with Crippen molar-refractivity contribution in [3.8, 4) is 5.88 Å². The third-order valence-electron chi connectivity index (χ3n) is 2.21. The number of ether oxygens (including phenoxy) is 1. The summed E-state index contributed by atoms with van der Waals surface area (Å²) in [7, 11) is 3.11. The molecule has 0 amide bonds. The van der Waals surface area contributed by atoms with Crippen molar-refractivity contribution in [1.82, 2.24) is 20.0 Å². The fraction of sp³-hybridized carbons (Fsp3) is 0.200. The molecule has 2 aromatic rings. The monoisotopic (exact) mass is 296 g/mol. The smallest absolute Gasteiger partial charge is 0.224 e. The Bertz CT molecular complexity index is 548. The van der Waals surface area contributed by atoms with E-state index in [1.165, 1.54) is 11.8 Å². The van der Waals surface area contributed by atoms with Crippen LogP contribution in [0.5, 0.6) is 5.88 Å². The Kier molecular flexibility index (Phi) is 3.19. The summed E-state index contributed by atoms with van der Waals surface area (Å²) in [6.07, 6.45) is 1.56. The molecule has 17 heavy (non-hydrogen) atoms. The number of carbonyl (C=O) groups excluding carboxylic acids is 1. The van der Waals surface area contributed by atoms with E-state index >= 15 is 0 Å². The molecule has 0 atom stereocenters. The van der Waals surface area contributed by atoms with Crippen LogP contribution in [0, 0.1) is 0 Å². The van der Waals surface area contributed by atoms with Crippen LogP contribution >= 0.6 is 15.9 Å². The SMILES string of the molecule is COc1ncccc1C(=O)c1c(Br)nnn1C. The molecular formula is C10H9BrN4O2. The number of nitrogens with zero attached hydrogens (tertiary/aromatic N) is 4. The lowest BCUT2D eigenvalue weighted by Crippen LogP contribution is -2.10. The maximum Gasteiger partial charge on any atom is 0.224 e. The largest absolute Gasteiger partial charge is 0.480 e. The van der Waals surface area contributed by atoms with Gasteiger partial charge in [0.1, 0.15) is 5.69 Å². The molecule has 0 aliphatic carbocycles. The molecule has 0 bridgehead atoms. The lowest BCUT2D eigenvalue weighted by molar-refractivity contribution is 0.102. The van der Waals surface area contributed by atoms with Crippen LogP contribution in [0.1, 0.15) is 16.1 Å². The second-order valence-corrected chi connectivity index (χ2v) is 3.99. The maximum atomic E-state index is 12.3. The van der Waals surface area contributed by atoms with Crippen LogP contribution in [0.4, 0.5) is 0 Å².